The summed E-state index contributed by atoms with van der Waals surface area (Å²) in [6.07, 6.45) is 2.84. The minimum absolute atomic E-state index is 0.0422. The SMILES string of the molecule is N#Cc1c(N)nc(SCc2ccc(Cl)nn2)c(C#N)c1-c1ccc(CCCO)nc1. The quantitative estimate of drug-likeness (QED) is 0.532. The standard InChI is InChI=1S/C20H16ClN7OS/c21-17-6-5-14(27-28-17)11-30-20-16(9-23)18(15(8-22)19(24)26-20)12-3-4-13(25-10-12)2-1-7-29/h3-6,10,29H,1-2,7,11H2,(H2,24,26). The van der Waals surface area contributed by atoms with Crippen molar-refractivity contribution in [2.24, 2.45) is 0 Å². The molecule has 3 heterocycles. The third-order valence-corrected chi connectivity index (χ3v) is 5.37. The Balaban J connectivity index is 2.00. The topological polar surface area (TPSA) is 145 Å². The number of nitrogens with zero attached hydrogens (tertiary/aromatic N) is 6. The normalized spacial score (nSPS) is 10.4. The van der Waals surface area contributed by atoms with Crippen LogP contribution in [0.15, 0.2) is 35.5 Å². The Morgan fingerprint density at radius 3 is 2.43 bits per heavy atom. The lowest BCUT2D eigenvalue weighted by Crippen LogP contribution is -2.04. The van der Waals surface area contributed by atoms with E-state index in [1.165, 1.54) is 11.8 Å². The Hall–Kier alpha value is -3.24. The zero-order valence-corrected chi connectivity index (χ0v) is 17.3. The van der Waals surface area contributed by atoms with Crippen LogP contribution in [0.5, 0.6) is 0 Å². The molecule has 0 aliphatic heterocycles. The molecule has 0 bridgehead atoms. The number of pyridine rings is 2. The van der Waals surface area contributed by atoms with Crippen LogP contribution in [0.2, 0.25) is 5.15 Å². The summed E-state index contributed by atoms with van der Waals surface area (Å²) in [6, 6.07) is 11.2. The van der Waals surface area contributed by atoms with E-state index in [4.69, 9.17) is 22.4 Å². The number of aliphatic hydroxyl groups excluding tert-OH is 1. The molecule has 3 aromatic heterocycles. The molecule has 150 valence electrons. The molecular formula is C20H16ClN7OS. The van der Waals surface area contributed by atoms with E-state index in [1.54, 1.807) is 30.5 Å². The summed E-state index contributed by atoms with van der Waals surface area (Å²) < 4.78 is 0. The second-order valence-corrected chi connectivity index (χ2v) is 7.50. The van der Waals surface area contributed by atoms with Gasteiger partial charge in [-0.25, -0.2) is 4.98 Å². The monoisotopic (exact) mass is 437 g/mol. The molecule has 0 radical (unpaired) electrons. The molecule has 3 rings (SSSR count). The van der Waals surface area contributed by atoms with Crippen molar-refractivity contribution in [3.8, 4) is 23.3 Å². The lowest BCUT2D eigenvalue weighted by Gasteiger charge is -2.13. The molecule has 0 aromatic carbocycles. The highest BCUT2D eigenvalue weighted by molar-refractivity contribution is 7.98. The molecule has 0 aliphatic carbocycles. The zero-order chi connectivity index (χ0) is 21.5. The zero-order valence-electron chi connectivity index (χ0n) is 15.7. The summed E-state index contributed by atoms with van der Waals surface area (Å²) in [5.41, 5.74) is 8.87. The van der Waals surface area contributed by atoms with Crippen LogP contribution in [0.4, 0.5) is 5.82 Å². The molecule has 3 aromatic rings. The number of halogens is 1. The van der Waals surface area contributed by atoms with E-state index < -0.39 is 0 Å². The minimum Gasteiger partial charge on any atom is -0.396 e. The first-order valence-electron chi connectivity index (χ1n) is 8.88. The van der Waals surface area contributed by atoms with Gasteiger partial charge in [0, 0.05) is 35.4 Å². The number of aromatic nitrogens is 4. The Kier molecular flexibility index (Phi) is 7.15. The van der Waals surface area contributed by atoms with Gasteiger partial charge < -0.3 is 10.8 Å². The number of anilines is 1. The van der Waals surface area contributed by atoms with Crippen LogP contribution < -0.4 is 5.73 Å². The molecule has 0 aliphatic rings. The van der Waals surface area contributed by atoms with Gasteiger partial charge in [0.05, 0.1) is 11.3 Å². The lowest BCUT2D eigenvalue weighted by molar-refractivity contribution is 0.288. The molecular weight excluding hydrogens is 422 g/mol. The maximum Gasteiger partial charge on any atom is 0.151 e. The summed E-state index contributed by atoms with van der Waals surface area (Å²) >= 11 is 7.03. The fourth-order valence-corrected chi connectivity index (χ4v) is 3.73. The van der Waals surface area contributed by atoms with E-state index in [1.807, 2.05) is 6.07 Å². The number of nitriles is 2. The maximum atomic E-state index is 9.83. The highest BCUT2D eigenvalue weighted by Gasteiger charge is 2.21. The number of rotatable bonds is 7. The van der Waals surface area contributed by atoms with E-state index >= 15 is 0 Å². The molecule has 8 nitrogen and oxygen atoms in total. The van der Waals surface area contributed by atoms with Crippen molar-refractivity contribution in [2.45, 2.75) is 23.6 Å². The lowest BCUT2D eigenvalue weighted by atomic mass is 9.98. The average Bonchev–Trinajstić information content (AvgIpc) is 2.77. The molecule has 0 atom stereocenters. The Morgan fingerprint density at radius 2 is 1.83 bits per heavy atom. The van der Waals surface area contributed by atoms with Gasteiger partial charge in [0.25, 0.3) is 0 Å². The van der Waals surface area contributed by atoms with Gasteiger partial charge in [-0.1, -0.05) is 29.4 Å². The van der Waals surface area contributed by atoms with Gasteiger partial charge in [-0.2, -0.15) is 15.6 Å². The van der Waals surface area contributed by atoms with Crippen molar-refractivity contribution in [3.05, 3.63) is 58.1 Å². The molecule has 0 spiro atoms. The smallest absolute Gasteiger partial charge is 0.151 e. The number of nitrogens with two attached hydrogens (primary N) is 1. The summed E-state index contributed by atoms with van der Waals surface area (Å²) in [7, 11) is 0. The first kappa shape index (κ1) is 21.5. The maximum absolute atomic E-state index is 9.83. The number of aryl methyl sites for hydroxylation is 1. The Bertz CT molecular complexity index is 1120. The predicted molar refractivity (Wildman–Crippen MR) is 113 cm³/mol. The highest BCUT2D eigenvalue weighted by atomic mass is 35.5. The summed E-state index contributed by atoms with van der Waals surface area (Å²) in [6.45, 7) is 0.0834. The van der Waals surface area contributed by atoms with Crippen molar-refractivity contribution in [1.82, 2.24) is 20.2 Å². The Labute approximate surface area is 182 Å². The van der Waals surface area contributed by atoms with E-state index in [9.17, 15) is 10.5 Å². The van der Waals surface area contributed by atoms with Crippen LogP contribution in [0.3, 0.4) is 0 Å². The largest absolute Gasteiger partial charge is 0.396 e. The van der Waals surface area contributed by atoms with Gasteiger partial charge in [0.1, 0.15) is 28.5 Å². The number of hydrogen-bond acceptors (Lipinski definition) is 9. The molecule has 30 heavy (non-hydrogen) atoms. The van der Waals surface area contributed by atoms with Crippen molar-refractivity contribution < 1.29 is 5.11 Å². The second-order valence-electron chi connectivity index (χ2n) is 6.15. The van der Waals surface area contributed by atoms with Gasteiger partial charge in [0.2, 0.25) is 0 Å². The first-order chi connectivity index (χ1) is 14.6. The fraction of sp³-hybridized carbons (Fsp3) is 0.200. The van der Waals surface area contributed by atoms with Crippen LogP contribution in [-0.4, -0.2) is 31.9 Å². The molecule has 0 unspecified atom stereocenters. The van der Waals surface area contributed by atoms with Crippen LogP contribution in [0.25, 0.3) is 11.1 Å². The van der Waals surface area contributed by atoms with Crippen LogP contribution in [0.1, 0.15) is 28.9 Å². The van der Waals surface area contributed by atoms with E-state index in [-0.39, 0.29) is 23.6 Å². The van der Waals surface area contributed by atoms with Crippen molar-refractivity contribution in [3.63, 3.8) is 0 Å². The molecule has 0 amide bonds. The van der Waals surface area contributed by atoms with Crippen LogP contribution in [0, 0.1) is 22.7 Å². The van der Waals surface area contributed by atoms with Crippen molar-refractivity contribution >= 4 is 29.2 Å². The number of aliphatic hydroxyl groups is 1. The van der Waals surface area contributed by atoms with Crippen LogP contribution >= 0.6 is 23.4 Å². The second kappa shape index (κ2) is 9.99. The third kappa shape index (κ3) is 4.84. The molecule has 3 N–H and O–H groups in total. The summed E-state index contributed by atoms with van der Waals surface area (Å²) in [5.74, 6) is 0.440. The van der Waals surface area contributed by atoms with Gasteiger partial charge in [-0.15, -0.1) is 5.10 Å². The van der Waals surface area contributed by atoms with Gasteiger partial charge in [-0.05, 0) is 31.0 Å². The average molecular weight is 438 g/mol. The molecule has 0 saturated carbocycles. The van der Waals surface area contributed by atoms with E-state index in [0.717, 1.165) is 5.69 Å². The van der Waals surface area contributed by atoms with E-state index in [0.29, 0.717) is 45.6 Å². The van der Waals surface area contributed by atoms with E-state index in [2.05, 4.69) is 26.2 Å². The number of nitrogen functional groups attached to an aromatic ring is 1. The third-order valence-electron chi connectivity index (χ3n) is 4.16. The van der Waals surface area contributed by atoms with Gasteiger partial charge >= 0.3 is 0 Å². The molecule has 0 saturated heterocycles. The first-order valence-corrected chi connectivity index (χ1v) is 10.2. The number of hydrogen-bond donors (Lipinski definition) is 2. The predicted octanol–water partition coefficient (Wildman–Crippen LogP) is 3.13. The summed E-state index contributed by atoms with van der Waals surface area (Å²) in [4.78, 5) is 8.64. The van der Waals surface area contributed by atoms with Crippen molar-refractivity contribution in [2.75, 3.05) is 12.3 Å². The molecule has 0 fully saturated rings. The Morgan fingerprint density at radius 1 is 1.07 bits per heavy atom. The fourth-order valence-electron chi connectivity index (χ4n) is 2.73. The molecule has 10 heteroatoms. The number of thioether (sulfide) groups is 1. The van der Waals surface area contributed by atoms with Crippen LogP contribution in [-0.2, 0) is 12.2 Å². The van der Waals surface area contributed by atoms with Gasteiger partial charge in [0.15, 0.2) is 5.15 Å². The highest BCUT2D eigenvalue weighted by Crippen LogP contribution is 2.36. The van der Waals surface area contributed by atoms with Crippen molar-refractivity contribution in [1.29, 1.82) is 10.5 Å². The summed E-state index contributed by atoms with van der Waals surface area (Å²) in [5, 5.41) is 36.9. The van der Waals surface area contributed by atoms with Gasteiger partial charge in [-0.3, -0.25) is 4.98 Å². The minimum atomic E-state index is 0.0422.